The first-order valence-corrected chi connectivity index (χ1v) is 8.47. The van der Waals surface area contributed by atoms with E-state index in [9.17, 15) is 14.0 Å². The summed E-state index contributed by atoms with van der Waals surface area (Å²) in [5.74, 6) is -0.296. The minimum atomic E-state index is -0.821. The van der Waals surface area contributed by atoms with E-state index in [1.807, 2.05) is 30.3 Å². The van der Waals surface area contributed by atoms with E-state index in [-0.39, 0.29) is 18.4 Å². The highest BCUT2D eigenvalue weighted by Crippen LogP contribution is 2.25. The van der Waals surface area contributed by atoms with Crippen molar-refractivity contribution in [1.82, 2.24) is 19.6 Å². The minimum absolute atomic E-state index is 0.0270. The van der Waals surface area contributed by atoms with Crippen LogP contribution in [-0.2, 0) is 11.3 Å². The molecule has 0 bridgehead atoms. The van der Waals surface area contributed by atoms with E-state index in [1.165, 1.54) is 4.90 Å². The molecule has 0 N–H and O–H groups in total. The lowest BCUT2D eigenvalue weighted by Gasteiger charge is -2.30. The standard InChI is InChI=1S/C18H19FN4O2/c19-13-6-8-21(9-7-13)17(24)12-22-11-16-15(18(22)25)10-20-23(16)14-4-2-1-3-5-14/h1-5,10,13H,6-9,11-12H2. The number of likely N-dealkylation sites (tertiary alicyclic amines) is 1. The summed E-state index contributed by atoms with van der Waals surface area (Å²) in [6.45, 7) is 1.23. The van der Waals surface area contributed by atoms with E-state index < -0.39 is 6.17 Å². The van der Waals surface area contributed by atoms with Gasteiger partial charge in [-0.05, 0) is 25.0 Å². The number of halogens is 1. The SMILES string of the molecule is O=C(CN1Cc2c(cnn2-c2ccccc2)C1=O)N1CCC(F)CC1. The highest BCUT2D eigenvalue weighted by molar-refractivity contribution is 5.99. The van der Waals surface area contributed by atoms with Gasteiger partial charge in [-0.15, -0.1) is 0 Å². The highest BCUT2D eigenvalue weighted by Gasteiger charge is 2.34. The molecule has 1 aromatic heterocycles. The number of para-hydroxylation sites is 1. The number of carbonyl (C=O) groups is 2. The van der Waals surface area contributed by atoms with Crippen molar-refractivity contribution in [3.63, 3.8) is 0 Å². The molecule has 2 aliphatic rings. The smallest absolute Gasteiger partial charge is 0.258 e. The predicted octanol–water partition coefficient (Wildman–Crippen LogP) is 1.79. The summed E-state index contributed by atoms with van der Waals surface area (Å²) in [7, 11) is 0. The first-order valence-electron chi connectivity index (χ1n) is 8.47. The van der Waals surface area contributed by atoms with Crippen molar-refractivity contribution in [3.05, 3.63) is 47.8 Å². The summed E-state index contributed by atoms with van der Waals surface area (Å²) < 4.78 is 15.0. The molecule has 3 heterocycles. The number of fused-ring (bicyclic) bond motifs is 1. The van der Waals surface area contributed by atoms with E-state index >= 15 is 0 Å². The molecule has 0 spiro atoms. The Labute approximate surface area is 144 Å². The van der Waals surface area contributed by atoms with Crippen LogP contribution in [-0.4, -0.2) is 57.2 Å². The third-order valence-electron chi connectivity index (χ3n) is 4.83. The number of benzene rings is 1. The maximum Gasteiger partial charge on any atom is 0.258 e. The van der Waals surface area contributed by atoms with E-state index in [4.69, 9.17) is 0 Å². The van der Waals surface area contributed by atoms with E-state index in [0.717, 1.165) is 11.4 Å². The molecule has 4 rings (SSSR count). The Kier molecular flexibility index (Phi) is 3.99. The molecule has 7 heteroatoms. The molecule has 2 aromatic rings. The van der Waals surface area contributed by atoms with Crippen LogP contribution in [0.2, 0.25) is 0 Å². The molecule has 0 saturated carbocycles. The number of piperidine rings is 1. The van der Waals surface area contributed by atoms with Crippen LogP contribution in [0.25, 0.3) is 5.69 Å². The summed E-state index contributed by atoms with van der Waals surface area (Å²) in [4.78, 5) is 28.2. The fourth-order valence-electron chi connectivity index (χ4n) is 3.41. The van der Waals surface area contributed by atoms with Crippen molar-refractivity contribution < 1.29 is 14.0 Å². The average Bonchev–Trinajstić information content (AvgIpc) is 3.17. The number of alkyl halides is 1. The van der Waals surface area contributed by atoms with Crippen LogP contribution in [0.1, 0.15) is 28.9 Å². The van der Waals surface area contributed by atoms with Crippen molar-refractivity contribution >= 4 is 11.8 Å². The van der Waals surface area contributed by atoms with Crippen molar-refractivity contribution in [2.24, 2.45) is 0 Å². The summed E-state index contributed by atoms with van der Waals surface area (Å²) in [6.07, 6.45) is 1.49. The van der Waals surface area contributed by atoms with Gasteiger partial charge in [0, 0.05) is 13.1 Å². The van der Waals surface area contributed by atoms with Gasteiger partial charge in [0.25, 0.3) is 5.91 Å². The lowest BCUT2D eigenvalue weighted by atomic mass is 10.1. The molecule has 130 valence electrons. The number of hydrogen-bond donors (Lipinski definition) is 0. The second-order valence-corrected chi connectivity index (χ2v) is 6.47. The summed E-state index contributed by atoms with van der Waals surface area (Å²) >= 11 is 0. The summed E-state index contributed by atoms with van der Waals surface area (Å²) in [5, 5.41) is 4.30. The number of aromatic nitrogens is 2. The predicted molar refractivity (Wildman–Crippen MR) is 89.0 cm³/mol. The normalized spacial score (nSPS) is 17.9. The lowest BCUT2D eigenvalue weighted by Crippen LogP contribution is -2.44. The number of hydrogen-bond acceptors (Lipinski definition) is 3. The molecule has 25 heavy (non-hydrogen) atoms. The molecule has 6 nitrogen and oxygen atoms in total. The fourth-order valence-corrected chi connectivity index (χ4v) is 3.41. The molecular weight excluding hydrogens is 323 g/mol. The number of rotatable bonds is 3. The Morgan fingerprint density at radius 3 is 2.64 bits per heavy atom. The van der Waals surface area contributed by atoms with Crippen molar-refractivity contribution in [2.45, 2.75) is 25.6 Å². The Hall–Kier alpha value is -2.70. The minimum Gasteiger partial charge on any atom is -0.341 e. The van der Waals surface area contributed by atoms with Crippen LogP contribution < -0.4 is 0 Å². The van der Waals surface area contributed by atoms with Gasteiger partial charge in [0.05, 0.1) is 29.7 Å². The quantitative estimate of drug-likeness (QED) is 0.854. The third kappa shape index (κ3) is 2.90. The molecule has 1 aromatic carbocycles. The number of amides is 2. The zero-order valence-electron chi connectivity index (χ0n) is 13.8. The summed E-state index contributed by atoms with van der Waals surface area (Å²) in [5.41, 5.74) is 2.22. The van der Waals surface area contributed by atoms with Gasteiger partial charge in [0.1, 0.15) is 12.7 Å². The van der Waals surface area contributed by atoms with Gasteiger partial charge in [-0.2, -0.15) is 5.10 Å². The van der Waals surface area contributed by atoms with Crippen molar-refractivity contribution in [2.75, 3.05) is 19.6 Å². The maximum atomic E-state index is 13.2. The Bertz CT molecular complexity index is 797. The van der Waals surface area contributed by atoms with Crippen LogP contribution in [0.3, 0.4) is 0 Å². The largest absolute Gasteiger partial charge is 0.341 e. The Morgan fingerprint density at radius 2 is 1.92 bits per heavy atom. The van der Waals surface area contributed by atoms with Crippen molar-refractivity contribution in [3.8, 4) is 5.69 Å². The van der Waals surface area contributed by atoms with E-state index in [0.29, 0.717) is 38.0 Å². The molecule has 0 atom stereocenters. The molecule has 1 fully saturated rings. The lowest BCUT2D eigenvalue weighted by molar-refractivity contribution is -0.133. The van der Waals surface area contributed by atoms with Crippen LogP contribution in [0.15, 0.2) is 36.5 Å². The van der Waals surface area contributed by atoms with Gasteiger partial charge in [-0.25, -0.2) is 9.07 Å². The van der Waals surface area contributed by atoms with Crippen molar-refractivity contribution in [1.29, 1.82) is 0 Å². The second-order valence-electron chi connectivity index (χ2n) is 6.47. The second kappa shape index (κ2) is 6.31. The van der Waals surface area contributed by atoms with Crippen LogP contribution in [0, 0.1) is 0 Å². The number of nitrogens with zero attached hydrogens (tertiary/aromatic N) is 4. The topological polar surface area (TPSA) is 58.4 Å². The fraction of sp³-hybridized carbons (Fsp3) is 0.389. The maximum absolute atomic E-state index is 13.2. The molecule has 2 amide bonds. The molecule has 1 saturated heterocycles. The van der Waals surface area contributed by atoms with E-state index in [2.05, 4.69) is 5.10 Å². The number of carbonyl (C=O) groups excluding carboxylic acids is 2. The summed E-state index contributed by atoms with van der Waals surface area (Å²) in [6, 6.07) is 9.59. The van der Waals surface area contributed by atoms with Gasteiger partial charge in [-0.3, -0.25) is 9.59 Å². The van der Waals surface area contributed by atoms with E-state index in [1.54, 1.807) is 15.8 Å². The third-order valence-corrected chi connectivity index (χ3v) is 4.83. The Morgan fingerprint density at radius 1 is 1.20 bits per heavy atom. The molecule has 0 radical (unpaired) electrons. The first kappa shape index (κ1) is 15.8. The van der Waals surface area contributed by atoms with Gasteiger partial charge < -0.3 is 9.80 Å². The van der Waals surface area contributed by atoms with Crippen LogP contribution >= 0.6 is 0 Å². The van der Waals surface area contributed by atoms with Gasteiger partial charge in [0.2, 0.25) is 5.91 Å². The average molecular weight is 342 g/mol. The molecule has 2 aliphatic heterocycles. The zero-order valence-corrected chi connectivity index (χ0v) is 13.8. The van der Waals surface area contributed by atoms with Crippen LogP contribution in [0.5, 0.6) is 0 Å². The molecule has 0 unspecified atom stereocenters. The molecule has 0 aliphatic carbocycles. The highest BCUT2D eigenvalue weighted by atomic mass is 19.1. The Balaban J connectivity index is 1.48. The van der Waals surface area contributed by atoms with Gasteiger partial charge >= 0.3 is 0 Å². The molecular formula is C18H19FN4O2. The van der Waals surface area contributed by atoms with Gasteiger partial charge in [0.15, 0.2) is 0 Å². The van der Waals surface area contributed by atoms with Gasteiger partial charge in [-0.1, -0.05) is 18.2 Å². The van der Waals surface area contributed by atoms with Crippen LogP contribution in [0.4, 0.5) is 4.39 Å². The first-order chi connectivity index (χ1) is 12.1. The monoisotopic (exact) mass is 342 g/mol. The zero-order chi connectivity index (χ0) is 17.4.